The van der Waals surface area contributed by atoms with Crippen molar-refractivity contribution in [2.45, 2.75) is 13.5 Å². The highest BCUT2D eigenvalue weighted by Gasteiger charge is 2.03. The lowest BCUT2D eigenvalue weighted by atomic mass is 10.1. The van der Waals surface area contributed by atoms with E-state index in [9.17, 15) is 0 Å². The van der Waals surface area contributed by atoms with Crippen LogP contribution in [0.25, 0.3) is 10.1 Å². The van der Waals surface area contributed by atoms with Gasteiger partial charge in [0, 0.05) is 24.4 Å². The number of aliphatic hydroxyl groups excluding tert-OH is 1. The molecule has 16 heavy (non-hydrogen) atoms. The first-order chi connectivity index (χ1) is 7.81. The third-order valence-corrected chi connectivity index (χ3v) is 3.69. The van der Waals surface area contributed by atoms with E-state index in [1.165, 1.54) is 15.6 Å². The van der Waals surface area contributed by atoms with Crippen LogP contribution in [-0.4, -0.2) is 18.3 Å². The van der Waals surface area contributed by atoms with E-state index < -0.39 is 0 Å². The number of hydrogen-bond acceptors (Lipinski definition) is 3. The van der Waals surface area contributed by atoms with Crippen molar-refractivity contribution < 1.29 is 5.11 Å². The summed E-state index contributed by atoms with van der Waals surface area (Å²) in [5.74, 6) is 0.324. The number of hydrogen-bond donors (Lipinski definition) is 2. The Kier molecular flexibility index (Phi) is 3.93. The van der Waals surface area contributed by atoms with E-state index in [-0.39, 0.29) is 6.61 Å². The minimum atomic E-state index is 0.247. The Morgan fingerprint density at radius 1 is 1.38 bits per heavy atom. The van der Waals surface area contributed by atoms with Crippen LogP contribution in [0, 0.1) is 5.92 Å². The molecular formula is C13H17NOS. The van der Waals surface area contributed by atoms with E-state index in [1.807, 2.05) is 6.92 Å². The summed E-state index contributed by atoms with van der Waals surface area (Å²) in [5, 5.41) is 15.9. The first-order valence-corrected chi connectivity index (χ1v) is 6.46. The molecule has 0 spiro atoms. The number of rotatable bonds is 5. The van der Waals surface area contributed by atoms with E-state index in [0.717, 1.165) is 13.1 Å². The van der Waals surface area contributed by atoms with Crippen molar-refractivity contribution in [3.05, 3.63) is 35.2 Å². The fourth-order valence-corrected chi connectivity index (χ4v) is 2.65. The van der Waals surface area contributed by atoms with Crippen molar-refractivity contribution in [2.75, 3.05) is 13.2 Å². The van der Waals surface area contributed by atoms with Gasteiger partial charge in [-0.25, -0.2) is 0 Å². The minimum absolute atomic E-state index is 0.247. The van der Waals surface area contributed by atoms with Gasteiger partial charge < -0.3 is 10.4 Å². The van der Waals surface area contributed by atoms with Crippen LogP contribution >= 0.6 is 11.3 Å². The highest BCUT2D eigenvalue weighted by Crippen LogP contribution is 2.25. The summed E-state index contributed by atoms with van der Waals surface area (Å²) in [7, 11) is 0. The van der Waals surface area contributed by atoms with Gasteiger partial charge in [0.05, 0.1) is 0 Å². The molecule has 0 aliphatic carbocycles. The molecule has 0 amide bonds. The number of aliphatic hydroxyl groups is 1. The summed E-state index contributed by atoms with van der Waals surface area (Å²) in [6.07, 6.45) is 0. The average Bonchev–Trinajstić information content (AvgIpc) is 2.73. The van der Waals surface area contributed by atoms with Crippen molar-refractivity contribution in [2.24, 2.45) is 5.92 Å². The van der Waals surface area contributed by atoms with Gasteiger partial charge in [0.25, 0.3) is 0 Å². The number of fused-ring (bicyclic) bond motifs is 1. The molecule has 1 heterocycles. The third kappa shape index (κ3) is 2.61. The number of thiophene rings is 1. The van der Waals surface area contributed by atoms with Gasteiger partial charge >= 0.3 is 0 Å². The lowest BCUT2D eigenvalue weighted by Gasteiger charge is -2.08. The molecule has 0 saturated carbocycles. The van der Waals surface area contributed by atoms with Crippen LogP contribution in [0.2, 0.25) is 0 Å². The van der Waals surface area contributed by atoms with Gasteiger partial charge in [-0.3, -0.25) is 0 Å². The Balaban J connectivity index is 1.99. The number of nitrogens with one attached hydrogen (secondary N) is 1. The summed E-state index contributed by atoms with van der Waals surface area (Å²) in [6, 6.07) is 8.47. The molecule has 0 saturated heterocycles. The topological polar surface area (TPSA) is 32.3 Å². The zero-order valence-electron chi connectivity index (χ0n) is 9.44. The lowest BCUT2D eigenvalue weighted by Crippen LogP contribution is -2.22. The maximum Gasteiger partial charge on any atom is 0.0468 e. The van der Waals surface area contributed by atoms with Gasteiger partial charge in [0.15, 0.2) is 0 Å². The molecule has 2 rings (SSSR count). The first kappa shape index (κ1) is 11.6. The van der Waals surface area contributed by atoms with E-state index in [2.05, 4.69) is 35.0 Å². The molecule has 2 nitrogen and oxygen atoms in total. The summed E-state index contributed by atoms with van der Waals surface area (Å²) in [4.78, 5) is 0. The molecule has 2 N–H and O–H groups in total. The Morgan fingerprint density at radius 2 is 2.19 bits per heavy atom. The van der Waals surface area contributed by atoms with E-state index in [0.29, 0.717) is 5.92 Å². The molecule has 0 bridgehead atoms. The molecule has 0 radical (unpaired) electrons. The van der Waals surface area contributed by atoms with Crippen molar-refractivity contribution in [1.29, 1.82) is 0 Å². The Morgan fingerprint density at radius 3 is 3.00 bits per heavy atom. The van der Waals surface area contributed by atoms with Gasteiger partial charge in [0.1, 0.15) is 0 Å². The highest BCUT2D eigenvalue weighted by molar-refractivity contribution is 7.17. The van der Waals surface area contributed by atoms with Crippen LogP contribution in [-0.2, 0) is 6.54 Å². The smallest absolute Gasteiger partial charge is 0.0468 e. The molecule has 2 aromatic rings. The van der Waals surface area contributed by atoms with Crippen LogP contribution in [0.15, 0.2) is 29.6 Å². The van der Waals surface area contributed by atoms with E-state index >= 15 is 0 Å². The first-order valence-electron chi connectivity index (χ1n) is 5.58. The second-order valence-corrected chi connectivity index (χ2v) is 5.09. The van der Waals surface area contributed by atoms with Crippen LogP contribution in [0.4, 0.5) is 0 Å². The predicted octanol–water partition coefficient (Wildman–Crippen LogP) is 2.62. The van der Waals surface area contributed by atoms with Crippen LogP contribution in [0.1, 0.15) is 12.5 Å². The number of benzene rings is 1. The normalized spacial score (nSPS) is 13.1. The second kappa shape index (κ2) is 5.43. The summed E-state index contributed by atoms with van der Waals surface area (Å²) >= 11 is 1.79. The average molecular weight is 235 g/mol. The SMILES string of the molecule is CC(CO)CNCc1csc2ccccc12. The second-order valence-electron chi connectivity index (χ2n) is 4.18. The summed E-state index contributed by atoms with van der Waals surface area (Å²) in [5.41, 5.74) is 1.35. The molecule has 1 aromatic carbocycles. The third-order valence-electron chi connectivity index (χ3n) is 2.68. The Labute approximate surface area is 99.9 Å². The fraction of sp³-hybridized carbons (Fsp3) is 0.385. The van der Waals surface area contributed by atoms with Crippen LogP contribution < -0.4 is 5.32 Å². The van der Waals surface area contributed by atoms with Gasteiger partial charge in [-0.15, -0.1) is 11.3 Å². The summed E-state index contributed by atoms with van der Waals surface area (Å²) < 4.78 is 1.34. The molecule has 86 valence electrons. The molecule has 0 aliphatic rings. The molecular weight excluding hydrogens is 218 g/mol. The summed E-state index contributed by atoms with van der Waals surface area (Å²) in [6.45, 7) is 4.03. The van der Waals surface area contributed by atoms with E-state index in [4.69, 9.17) is 5.11 Å². The fourth-order valence-electron chi connectivity index (χ4n) is 1.69. The maximum absolute atomic E-state index is 8.93. The van der Waals surface area contributed by atoms with Gasteiger partial charge in [-0.05, 0) is 28.3 Å². The van der Waals surface area contributed by atoms with Crippen molar-refractivity contribution in [1.82, 2.24) is 5.32 Å². The Hall–Kier alpha value is -0.900. The highest BCUT2D eigenvalue weighted by atomic mass is 32.1. The zero-order chi connectivity index (χ0) is 11.4. The molecule has 1 aromatic heterocycles. The molecule has 1 atom stereocenters. The van der Waals surface area contributed by atoms with E-state index in [1.54, 1.807) is 11.3 Å². The van der Waals surface area contributed by atoms with Gasteiger partial charge in [0.2, 0.25) is 0 Å². The molecule has 1 unspecified atom stereocenters. The van der Waals surface area contributed by atoms with Crippen molar-refractivity contribution in [3.8, 4) is 0 Å². The minimum Gasteiger partial charge on any atom is -0.396 e. The molecule has 0 aliphatic heterocycles. The molecule has 0 fully saturated rings. The van der Waals surface area contributed by atoms with Gasteiger partial charge in [-0.2, -0.15) is 0 Å². The maximum atomic E-state index is 8.93. The molecule has 3 heteroatoms. The standard InChI is InChI=1S/C13H17NOS/c1-10(8-15)6-14-7-11-9-16-13-5-3-2-4-12(11)13/h2-5,9-10,14-15H,6-8H2,1H3. The quantitative estimate of drug-likeness (QED) is 0.835. The lowest BCUT2D eigenvalue weighted by molar-refractivity contribution is 0.233. The predicted molar refractivity (Wildman–Crippen MR) is 69.8 cm³/mol. The monoisotopic (exact) mass is 235 g/mol. The Bertz CT molecular complexity index is 452. The van der Waals surface area contributed by atoms with Crippen LogP contribution in [0.5, 0.6) is 0 Å². The zero-order valence-corrected chi connectivity index (χ0v) is 10.3. The van der Waals surface area contributed by atoms with Gasteiger partial charge in [-0.1, -0.05) is 25.1 Å². The van der Waals surface area contributed by atoms with Crippen molar-refractivity contribution in [3.63, 3.8) is 0 Å². The van der Waals surface area contributed by atoms with Crippen molar-refractivity contribution >= 4 is 21.4 Å². The largest absolute Gasteiger partial charge is 0.396 e. The van der Waals surface area contributed by atoms with Crippen LogP contribution in [0.3, 0.4) is 0 Å².